The second kappa shape index (κ2) is 15.3. The highest BCUT2D eigenvalue weighted by Gasteiger charge is 2.13. The molecule has 0 aliphatic rings. The minimum absolute atomic E-state index is 0.0780. The fourth-order valence-corrected chi connectivity index (χ4v) is 3.01. The van der Waals surface area contributed by atoms with Crippen molar-refractivity contribution >= 4 is 35.2 Å². The van der Waals surface area contributed by atoms with Crippen LogP contribution < -0.4 is 21.1 Å². The third kappa shape index (κ3) is 11.4. The Morgan fingerprint density at radius 2 is 1.83 bits per heavy atom. The topological polar surface area (TPSA) is 164 Å². The van der Waals surface area contributed by atoms with Gasteiger partial charge in [-0.3, -0.25) is 19.8 Å². The van der Waals surface area contributed by atoms with Gasteiger partial charge in [0.1, 0.15) is 18.1 Å². The van der Waals surface area contributed by atoms with Gasteiger partial charge in [0.15, 0.2) is 6.61 Å². The molecule has 0 fully saturated rings. The Kier molecular flexibility index (Phi) is 12.9. The maximum absolute atomic E-state index is 12.4. The number of carbonyl (C=O) groups excluding carboxylic acids is 2. The van der Waals surface area contributed by atoms with E-state index in [9.17, 15) is 14.4 Å². The average molecular weight is 507 g/mol. The Balaban J connectivity index is 0.00000111. The number of aryl methyl sites for hydroxylation is 1. The molecule has 0 spiro atoms. The number of benzene rings is 2. The zero-order chi connectivity index (χ0) is 26.4. The van der Waals surface area contributed by atoms with Gasteiger partial charge in [0.25, 0.3) is 11.8 Å². The van der Waals surface area contributed by atoms with Crippen LogP contribution in [0.5, 0.6) is 5.75 Å². The van der Waals surface area contributed by atoms with Gasteiger partial charge in [-0.1, -0.05) is 30.7 Å². The predicted molar refractivity (Wildman–Crippen MR) is 133 cm³/mol. The van der Waals surface area contributed by atoms with E-state index in [4.69, 9.17) is 37.3 Å². The summed E-state index contributed by atoms with van der Waals surface area (Å²) in [5, 5.41) is 21.5. The highest BCUT2D eigenvalue weighted by molar-refractivity contribution is 6.31. The third-order valence-electron chi connectivity index (χ3n) is 4.33. The van der Waals surface area contributed by atoms with Crippen molar-refractivity contribution in [3.05, 3.63) is 63.7 Å². The van der Waals surface area contributed by atoms with Gasteiger partial charge < -0.3 is 30.9 Å². The van der Waals surface area contributed by atoms with E-state index in [0.717, 1.165) is 18.6 Å². The highest BCUT2D eigenvalue weighted by atomic mass is 35.5. The predicted octanol–water partition coefficient (Wildman–Crippen LogP) is 2.48. The van der Waals surface area contributed by atoms with Crippen molar-refractivity contribution in [2.45, 2.75) is 26.8 Å². The number of carboxylic acid groups (broad SMARTS) is 1. The van der Waals surface area contributed by atoms with Crippen molar-refractivity contribution in [2.24, 2.45) is 5.73 Å². The largest absolute Gasteiger partial charge is 0.483 e. The first-order valence-electron chi connectivity index (χ1n) is 10.7. The number of hydrogen-bond donors (Lipinski definition) is 5. The Morgan fingerprint density at radius 1 is 1.11 bits per heavy atom. The van der Waals surface area contributed by atoms with Crippen LogP contribution in [0.3, 0.4) is 0 Å². The highest BCUT2D eigenvalue weighted by Crippen LogP contribution is 2.21. The van der Waals surface area contributed by atoms with Crippen molar-refractivity contribution in [2.75, 3.05) is 26.9 Å². The van der Waals surface area contributed by atoms with Crippen molar-refractivity contribution < 1.29 is 29.0 Å². The van der Waals surface area contributed by atoms with Crippen LogP contribution >= 0.6 is 11.6 Å². The standard InChI is InChI=1S/C20H21ClN4O5.C4H10O/c1-11-4-14(6-15(21)5-11)20(29)25-8-13-3-2-12(19(22)23)7-16(13)30-10-17(26)24-9-18(27)28;1-3-4-5-2/h2-7H,8-10H2,1H3,(H3,22,23)(H,24,26)(H,25,29)(H,27,28);3-4H2,1-2H3. The van der Waals surface area contributed by atoms with E-state index >= 15 is 0 Å². The summed E-state index contributed by atoms with van der Waals surface area (Å²) in [7, 11) is 1.71. The van der Waals surface area contributed by atoms with Gasteiger partial charge in [0.2, 0.25) is 0 Å². The van der Waals surface area contributed by atoms with E-state index in [0.29, 0.717) is 21.7 Å². The lowest BCUT2D eigenvalue weighted by Gasteiger charge is -2.14. The average Bonchev–Trinajstić information content (AvgIpc) is 2.80. The van der Waals surface area contributed by atoms with Gasteiger partial charge >= 0.3 is 5.97 Å². The minimum Gasteiger partial charge on any atom is -0.483 e. The number of halogens is 1. The number of methoxy groups -OCH3 is 1. The van der Waals surface area contributed by atoms with Gasteiger partial charge in [0, 0.05) is 42.0 Å². The van der Waals surface area contributed by atoms with Crippen molar-refractivity contribution in [1.82, 2.24) is 10.6 Å². The second-order valence-electron chi connectivity index (χ2n) is 7.39. The molecule has 35 heavy (non-hydrogen) atoms. The van der Waals surface area contributed by atoms with Crippen LogP contribution in [0.4, 0.5) is 0 Å². The van der Waals surface area contributed by atoms with E-state index in [1.54, 1.807) is 37.4 Å². The summed E-state index contributed by atoms with van der Waals surface area (Å²) >= 11 is 5.99. The van der Waals surface area contributed by atoms with Crippen molar-refractivity contribution in [3.63, 3.8) is 0 Å². The smallest absolute Gasteiger partial charge is 0.322 e. The molecule has 2 rings (SSSR count). The SMILES string of the molecule is CCCOC.Cc1cc(Cl)cc(C(=O)NCc2ccc(C(=N)N)cc2OCC(=O)NCC(=O)O)c1. The van der Waals surface area contributed by atoms with Gasteiger partial charge in [-0.15, -0.1) is 0 Å². The maximum Gasteiger partial charge on any atom is 0.322 e. The molecule has 190 valence electrons. The van der Waals surface area contributed by atoms with Crippen LogP contribution in [-0.2, 0) is 20.9 Å². The number of hydrogen-bond acceptors (Lipinski definition) is 6. The third-order valence-corrected chi connectivity index (χ3v) is 4.54. The minimum atomic E-state index is -1.18. The Bertz CT molecular complexity index is 1020. The summed E-state index contributed by atoms with van der Waals surface area (Å²) in [5.41, 5.74) is 7.65. The van der Waals surface area contributed by atoms with Gasteiger partial charge in [-0.05, 0) is 43.2 Å². The van der Waals surface area contributed by atoms with Crippen LogP contribution in [0.1, 0.15) is 40.4 Å². The zero-order valence-corrected chi connectivity index (χ0v) is 20.7. The summed E-state index contributed by atoms with van der Waals surface area (Å²) in [4.78, 5) is 34.7. The molecule has 0 unspecified atom stereocenters. The van der Waals surface area contributed by atoms with Gasteiger partial charge in [-0.2, -0.15) is 0 Å². The first-order valence-corrected chi connectivity index (χ1v) is 11.1. The molecule has 11 heteroatoms. The molecule has 2 aromatic carbocycles. The van der Waals surface area contributed by atoms with Crippen LogP contribution in [0.2, 0.25) is 5.02 Å². The summed E-state index contributed by atoms with van der Waals surface area (Å²) in [5.74, 6) is -2.12. The number of nitrogens with two attached hydrogens (primary N) is 1. The Labute approximate surface area is 209 Å². The molecule has 0 aromatic heterocycles. The maximum atomic E-state index is 12.4. The van der Waals surface area contributed by atoms with E-state index in [-0.39, 0.29) is 24.0 Å². The molecule has 0 saturated carbocycles. The van der Waals surface area contributed by atoms with Crippen LogP contribution in [0.15, 0.2) is 36.4 Å². The van der Waals surface area contributed by atoms with E-state index in [1.807, 2.05) is 6.92 Å². The van der Waals surface area contributed by atoms with E-state index in [2.05, 4.69) is 17.6 Å². The number of amidine groups is 1. The number of carboxylic acids is 1. The number of rotatable bonds is 11. The molecule has 0 bridgehead atoms. The number of amides is 2. The molecular formula is C24H31ClN4O6. The number of ether oxygens (including phenoxy) is 2. The lowest BCUT2D eigenvalue weighted by molar-refractivity contribution is -0.138. The lowest BCUT2D eigenvalue weighted by Crippen LogP contribution is -2.33. The molecule has 2 aromatic rings. The monoisotopic (exact) mass is 506 g/mol. The molecule has 0 atom stereocenters. The summed E-state index contributed by atoms with van der Waals surface area (Å²) in [6.45, 7) is 3.91. The molecule has 0 heterocycles. The first-order chi connectivity index (χ1) is 16.6. The van der Waals surface area contributed by atoms with Gasteiger partial charge in [-0.25, -0.2) is 0 Å². The summed E-state index contributed by atoms with van der Waals surface area (Å²) in [6, 6.07) is 9.66. The van der Waals surface area contributed by atoms with E-state index in [1.165, 1.54) is 6.07 Å². The fourth-order valence-electron chi connectivity index (χ4n) is 2.72. The normalized spacial score (nSPS) is 9.94. The van der Waals surface area contributed by atoms with Crippen LogP contribution in [-0.4, -0.2) is 55.6 Å². The molecular weight excluding hydrogens is 476 g/mol. The Morgan fingerprint density at radius 3 is 2.37 bits per heavy atom. The van der Waals surface area contributed by atoms with Crippen molar-refractivity contribution in [3.8, 4) is 5.75 Å². The number of carbonyl (C=O) groups is 3. The fraction of sp³-hybridized carbons (Fsp3) is 0.333. The van der Waals surface area contributed by atoms with Gasteiger partial charge in [0.05, 0.1) is 0 Å². The molecule has 0 aliphatic heterocycles. The van der Waals surface area contributed by atoms with Crippen molar-refractivity contribution in [1.29, 1.82) is 5.41 Å². The number of aliphatic carboxylic acids is 1. The quantitative estimate of drug-likeness (QED) is 0.231. The molecule has 0 aliphatic carbocycles. The molecule has 6 N–H and O–H groups in total. The molecule has 2 amide bonds. The summed E-state index contributed by atoms with van der Waals surface area (Å²) in [6.07, 6.45) is 1.12. The second-order valence-corrected chi connectivity index (χ2v) is 7.82. The zero-order valence-electron chi connectivity index (χ0n) is 19.9. The van der Waals surface area contributed by atoms with Crippen LogP contribution in [0, 0.1) is 12.3 Å². The number of nitrogen functional groups attached to an aromatic ring is 1. The molecule has 0 radical (unpaired) electrons. The Hall–Kier alpha value is -3.63. The van der Waals surface area contributed by atoms with E-state index < -0.39 is 25.0 Å². The molecule has 0 saturated heterocycles. The first kappa shape index (κ1) is 29.4. The molecule has 10 nitrogen and oxygen atoms in total. The lowest BCUT2D eigenvalue weighted by atomic mass is 10.1. The summed E-state index contributed by atoms with van der Waals surface area (Å²) < 4.78 is 10.2. The number of nitrogens with one attached hydrogen (secondary N) is 3. The van der Waals surface area contributed by atoms with Crippen LogP contribution in [0.25, 0.3) is 0 Å².